The van der Waals surface area contributed by atoms with Gasteiger partial charge in [0.2, 0.25) is 0 Å². The van der Waals surface area contributed by atoms with Crippen LogP contribution >= 0.6 is 0 Å². The van der Waals surface area contributed by atoms with Gasteiger partial charge in [0.1, 0.15) is 17.7 Å². The van der Waals surface area contributed by atoms with E-state index in [4.69, 9.17) is 4.74 Å². The largest absolute Gasteiger partial charge is 0.488 e. The topological polar surface area (TPSA) is 28.6 Å². The summed E-state index contributed by atoms with van der Waals surface area (Å²) in [6.45, 7) is 8.66. The summed E-state index contributed by atoms with van der Waals surface area (Å²) >= 11 is 0. The maximum Gasteiger partial charge on any atom is 0.128 e. The fourth-order valence-corrected chi connectivity index (χ4v) is 3.88. The molecular weight excluding hydrogens is 310 g/mol. The van der Waals surface area contributed by atoms with Gasteiger partial charge >= 0.3 is 0 Å². The fourth-order valence-electron chi connectivity index (χ4n) is 3.88. The molecule has 0 aliphatic carbocycles. The monoisotopic (exact) mass is 337 g/mol. The van der Waals surface area contributed by atoms with Crippen molar-refractivity contribution < 1.29 is 4.74 Å². The predicted molar refractivity (Wildman–Crippen MR) is 101 cm³/mol. The maximum atomic E-state index is 6.19. The molecule has 4 nitrogen and oxygen atoms in total. The van der Waals surface area contributed by atoms with E-state index in [2.05, 4.69) is 65.0 Å². The molecule has 0 spiro atoms. The number of rotatable bonds is 4. The molecule has 2 aliphatic heterocycles. The highest BCUT2D eigenvalue weighted by Gasteiger charge is 2.32. The number of ether oxygens (including phenoxy) is 1. The van der Waals surface area contributed by atoms with E-state index in [0.717, 1.165) is 50.6 Å². The lowest BCUT2D eigenvalue weighted by Crippen LogP contribution is -2.53. The highest BCUT2D eigenvalue weighted by Crippen LogP contribution is 2.31. The molecule has 1 fully saturated rings. The van der Waals surface area contributed by atoms with E-state index in [9.17, 15) is 0 Å². The molecule has 1 aromatic carbocycles. The standard InChI is InChI=1S/C21H27N3O/c1-3-17-8-9-21(22-15-17)24-12-10-23(11-13-24)16(2)20-14-18-6-4-5-7-19(18)25-20/h4-9,15-16,20H,3,10-14H2,1-2H3. The van der Waals surface area contributed by atoms with E-state index in [0.29, 0.717) is 6.04 Å². The Balaban J connectivity index is 1.34. The van der Waals surface area contributed by atoms with E-state index in [1.165, 1.54) is 11.1 Å². The molecule has 1 saturated heterocycles. The second kappa shape index (κ2) is 7.04. The van der Waals surface area contributed by atoms with Gasteiger partial charge in [0.15, 0.2) is 0 Å². The molecule has 2 aromatic rings. The summed E-state index contributed by atoms with van der Waals surface area (Å²) in [5.74, 6) is 2.17. The number of nitrogens with zero attached hydrogens (tertiary/aromatic N) is 3. The zero-order chi connectivity index (χ0) is 17.2. The Morgan fingerprint density at radius 1 is 1.12 bits per heavy atom. The van der Waals surface area contributed by atoms with Crippen LogP contribution in [0.3, 0.4) is 0 Å². The number of aryl methyl sites for hydroxylation is 1. The molecule has 0 saturated carbocycles. The first-order chi connectivity index (χ1) is 12.2. The zero-order valence-electron chi connectivity index (χ0n) is 15.2. The Hall–Kier alpha value is -2.07. The van der Waals surface area contributed by atoms with Crippen molar-refractivity contribution >= 4 is 5.82 Å². The van der Waals surface area contributed by atoms with Crippen molar-refractivity contribution in [1.82, 2.24) is 9.88 Å². The maximum absolute atomic E-state index is 6.19. The van der Waals surface area contributed by atoms with Gasteiger partial charge in [0.25, 0.3) is 0 Å². The van der Waals surface area contributed by atoms with Gasteiger partial charge in [0.05, 0.1) is 0 Å². The number of hydrogen-bond acceptors (Lipinski definition) is 4. The quantitative estimate of drug-likeness (QED) is 0.857. The molecular formula is C21H27N3O. The molecule has 3 heterocycles. The highest BCUT2D eigenvalue weighted by molar-refractivity contribution is 5.40. The van der Waals surface area contributed by atoms with Crippen molar-refractivity contribution in [2.45, 2.75) is 38.8 Å². The van der Waals surface area contributed by atoms with Crippen molar-refractivity contribution in [3.63, 3.8) is 0 Å². The Morgan fingerprint density at radius 2 is 1.92 bits per heavy atom. The summed E-state index contributed by atoms with van der Waals surface area (Å²) in [6, 6.07) is 13.2. The first-order valence-electron chi connectivity index (χ1n) is 9.43. The summed E-state index contributed by atoms with van der Waals surface area (Å²) in [5.41, 5.74) is 2.65. The number of fused-ring (bicyclic) bond motifs is 1. The molecule has 4 rings (SSSR count). The van der Waals surface area contributed by atoms with Crippen LogP contribution in [0, 0.1) is 0 Å². The Kier molecular flexibility index (Phi) is 4.62. The van der Waals surface area contributed by atoms with Gasteiger partial charge < -0.3 is 9.64 Å². The van der Waals surface area contributed by atoms with Crippen LogP contribution < -0.4 is 9.64 Å². The first-order valence-corrected chi connectivity index (χ1v) is 9.43. The molecule has 2 atom stereocenters. The lowest BCUT2D eigenvalue weighted by atomic mass is 10.0. The predicted octanol–water partition coefficient (Wildman–Crippen LogP) is 3.16. The molecule has 1 aromatic heterocycles. The highest BCUT2D eigenvalue weighted by atomic mass is 16.5. The Morgan fingerprint density at radius 3 is 2.60 bits per heavy atom. The van der Waals surface area contributed by atoms with Crippen molar-refractivity contribution in [3.05, 3.63) is 53.7 Å². The molecule has 4 heteroatoms. The molecule has 132 valence electrons. The summed E-state index contributed by atoms with van der Waals surface area (Å²) in [7, 11) is 0. The third kappa shape index (κ3) is 3.36. The smallest absolute Gasteiger partial charge is 0.128 e. The molecule has 0 bridgehead atoms. The van der Waals surface area contributed by atoms with Crippen molar-refractivity contribution in [2.75, 3.05) is 31.1 Å². The third-order valence-electron chi connectivity index (χ3n) is 5.64. The van der Waals surface area contributed by atoms with E-state index in [1.54, 1.807) is 0 Å². The minimum atomic E-state index is 0.269. The summed E-state index contributed by atoms with van der Waals surface area (Å²) in [4.78, 5) is 9.59. The average Bonchev–Trinajstić information content (AvgIpc) is 3.12. The molecule has 25 heavy (non-hydrogen) atoms. The van der Waals surface area contributed by atoms with E-state index >= 15 is 0 Å². The molecule has 0 N–H and O–H groups in total. The van der Waals surface area contributed by atoms with Crippen LogP contribution in [0.15, 0.2) is 42.6 Å². The number of anilines is 1. The summed E-state index contributed by atoms with van der Waals surface area (Å²) in [5, 5.41) is 0. The van der Waals surface area contributed by atoms with Crippen LogP contribution in [0.25, 0.3) is 0 Å². The minimum absolute atomic E-state index is 0.269. The van der Waals surface area contributed by atoms with E-state index < -0.39 is 0 Å². The minimum Gasteiger partial charge on any atom is -0.488 e. The number of para-hydroxylation sites is 1. The van der Waals surface area contributed by atoms with Crippen molar-refractivity contribution in [3.8, 4) is 5.75 Å². The second-order valence-electron chi connectivity index (χ2n) is 7.11. The number of benzene rings is 1. The van der Waals surface area contributed by atoms with Crippen LogP contribution in [0.1, 0.15) is 25.0 Å². The van der Waals surface area contributed by atoms with Gasteiger partial charge in [-0.2, -0.15) is 0 Å². The van der Waals surface area contributed by atoms with Crippen molar-refractivity contribution in [2.24, 2.45) is 0 Å². The molecule has 2 unspecified atom stereocenters. The lowest BCUT2D eigenvalue weighted by molar-refractivity contribution is 0.0861. The average molecular weight is 337 g/mol. The van der Waals surface area contributed by atoms with Crippen molar-refractivity contribution in [1.29, 1.82) is 0 Å². The van der Waals surface area contributed by atoms with Crippen LogP contribution in [-0.4, -0.2) is 48.2 Å². The summed E-state index contributed by atoms with van der Waals surface area (Å²) < 4.78 is 6.19. The van der Waals surface area contributed by atoms with E-state index in [1.807, 2.05) is 6.20 Å². The zero-order valence-corrected chi connectivity index (χ0v) is 15.2. The summed E-state index contributed by atoms with van der Waals surface area (Å²) in [6.07, 6.45) is 4.35. The third-order valence-corrected chi connectivity index (χ3v) is 5.64. The normalized spacial score (nSPS) is 21.7. The number of pyridine rings is 1. The lowest BCUT2D eigenvalue weighted by Gasteiger charge is -2.40. The van der Waals surface area contributed by atoms with Gasteiger partial charge in [-0.1, -0.05) is 31.2 Å². The van der Waals surface area contributed by atoms with Gasteiger partial charge in [-0.25, -0.2) is 4.98 Å². The number of hydrogen-bond donors (Lipinski definition) is 0. The second-order valence-corrected chi connectivity index (χ2v) is 7.11. The SMILES string of the molecule is CCc1ccc(N2CCN(C(C)C3Cc4ccccc4O3)CC2)nc1. The van der Waals surface area contributed by atoms with Gasteiger partial charge in [0, 0.05) is 44.8 Å². The molecule has 0 amide bonds. The van der Waals surface area contributed by atoms with Gasteiger partial charge in [-0.15, -0.1) is 0 Å². The first kappa shape index (κ1) is 16.4. The van der Waals surface area contributed by atoms with E-state index in [-0.39, 0.29) is 6.10 Å². The number of piperazine rings is 1. The Bertz CT molecular complexity index is 682. The van der Waals surface area contributed by atoms with Crippen LogP contribution in [0.5, 0.6) is 5.75 Å². The molecule has 2 aliphatic rings. The fraction of sp³-hybridized carbons (Fsp3) is 0.476. The van der Waals surface area contributed by atoms with Crippen LogP contribution in [-0.2, 0) is 12.8 Å². The number of aromatic nitrogens is 1. The molecule has 0 radical (unpaired) electrons. The Labute approximate surface area is 150 Å². The van der Waals surface area contributed by atoms with Gasteiger partial charge in [-0.05, 0) is 36.6 Å². The van der Waals surface area contributed by atoms with Crippen LogP contribution in [0.2, 0.25) is 0 Å². The van der Waals surface area contributed by atoms with Crippen LogP contribution in [0.4, 0.5) is 5.82 Å². The van der Waals surface area contributed by atoms with Gasteiger partial charge in [-0.3, -0.25) is 4.90 Å².